The molecule has 84 valence electrons. The van der Waals surface area contributed by atoms with Crippen LogP contribution in [0.3, 0.4) is 0 Å². The Hall–Kier alpha value is -1.32. The van der Waals surface area contributed by atoms with Crippen molar-refractivity contribution in [2.24, 2.45) is 0 Å². The summed E-state index contributed by atoms with van der Waals surface area (Å²) in [6.45, 7) is 4.66. The summed E-state index contributed by atoms with van der Waals surface area (Å²) >= 11 is 0. The maximum absolute atomic E-state index is 11.4. The van der Waals surface area contributed by atoms with Crippen LogP contribution in [0.4, 0.5) is 0 Å². The van der Waals surface area contributed by atoms with Crippen LogP contribution in [0.25, 0.3) is 0 Å². The molecule has 0 aromatic carbocycles. The normalized spacial score (nSPS) is 10.3. The molecule has 1 N–H and O–H groups in total. The minimum atomic E-state index is -0.174. The predicted octanol–water partition coefficient (Wildman–Crippen LogP) is 2.29. The summed E-state index contributed by atoms with van der Waals surface area (Å²) in [5, 5.41) is 6.46. The maximum Gasteiger partial charge on any atom is 0.289 e. The molecular weight excluding hydrogens is 192 g/mol. The largest absolute Gasteiger partial charge is 0.351 e. The fourth-order valence-electron chi connectivity index (χ4n) is 1.31. The van der Waals surface area contributed by atoms with Gasteiger partial charge in [-0.2, -0.15) is 0 Å². The average molecular weight is 210 g/mol. The van der Waals surface area contributed by atoms with Crippen LogP contribution in [0.2, 0.25) is 0 Å². The molecule has 1 heterocycles. The predicted molar refractivity (Wildman–Crippen MR) is 57.7 cm³/mol. The summed E-state index contributed by atoms with van der Waals surface area (Å²) in [6.07, 6.45) is 4.60. The van der Waals surface area contributed by atoms with E-state index in [1.807, 2.05) is 0 Å². The number of aryl methyl sites for hydroxylation is 1. The zero-order valence-corrected chi connectivity index (χ0v) is 9.38. The van der Waals surface area contributed by atoms with Crippen LogP contribution in [0.5, 0.6) is 0 Å². The molecule has 0 saturated carbocycles. The number of aromatic nitrogens is 1. The van der Waals surface area contributed by atoms with E-state index in [0.717, 1.165) is 18.5 Å². The van der Waals surface area contributed by atoms with Gasteiger partial charge >= 0.3 is 0 Å². The zero-order chi connectivity index (χ0) is 11.1. The molecule has 4 heteroatoms. The fraction of sp³-hybridized carbons (Fsp3) is 0.636. The first-order valence-corrected chi connectivity index (χ1v) is 5.45. The number of unbranched alkanes of at least 4 members (excludes halogenated alkanes) is 3. The Morgan fingerprint density at radius 1 is 1.47 bits per heavy atom. The van der Waals surface area contributed by atoms with Crippen molar-refractivity contribution in [2.75, 3.05) is 6.54 Å². The number of nitrogens with zero attached hydrogens (tertiary/aromatic N) is 1. The molecule has 15 heavy (non-hydrogen) atoms. The highest BCUT2D eigenvalue weighted by Gasteiger charge is 2.09. The molecule has 1 aromatic heterocycles. The summed E-state index contributed by atoms with van der Waals surface area (Å²) in [4.78, 5) is 11.4. The number of nitrogens with one attached hydrogen (secondary N) is 1. The Bertz CT molecular complexity index is 307. The first-order chi connectivity index (χ1) is 7.24. The van der Waals surface area contributed by atoms with Gasteiger partial charge in [0.05, 0.1) is 5.69 Å². The monoisotopic (exact) mass is 210 g/mol. The molecule has 0 aliphatic rings. The molecular formula is C11H18N2O2. The highest BCUT2D eigenvalue weighted by atomic mass is 16.5. The van der Waals surface area contributed by atoms with Gasteiger partial charge in [0, 0.05) is 12.6 Å². The maximum atomic E-state index is 11.4. The minimum Gasteiger partial charge on any atom is -0.351 e. The van der Waals surface area contributed by atoms with Crippen LogP contribution in [0.15, 0.2) is 10.6 Å². The number of rotatable bonds is 6. The van der Waals surface area contributed by atoms with Crippen molar-refractivity contribution in [3.63, 3.8) is 0 Å². The Labute approximate surface area is 90.0 Å². The van der Waals surface area contributed by atoms with Crippen molar-refractivity contribution in [3.05, 3.63) is 17.5 Å². The lowest BCUT2D eigenvalue weighted by atomic mass is 10.2. The number of hydrogen-bond donors (Lipinski definition) is 1. The highest BCUT2D eigenvalue weighted by Crippen LogP contribution is 2.02. The summed E-state index contributed by atoms with van der Waals surface area (Å²) in [5.74, 6) is 0.120. The number of amides is 1. The molecule has 1 aromatic rings. The molecule has 0 aliphatic heterocycles. The van der Waals surface area contributed by atoms with Gasteiger partial charge in [0.2, 0.25) is 5.76 Å². The van der Waals surface area contributed by atoms with Crippen LogP contribution in [-0.2, 0) is 0 Å². The van der Waals surface area contributed by atoms with Crippen molar-refractivity contribution in [3.8, 4) is 0 Å². The van der Waals surface area contributed by atoms with Crippen molar-refractivity contribution >= 4 is 5.91 Å². The molecule has 1 amide bonds. The molecule has 4 nitrogen and oxygen atoms in total. The van der Waals surface area contributed by atoms with Crippen molar-refractivity contribution in [1.29, 1.82) is 0 Å². The van der Waals surface area contributed by atoms with E-state index in [1.54, 1.807) is 13.0 Å². The Morgan fingerprint density at radius 3 is 2.87 bits per heavy atom. The molecule has 0 aliphatic carbocycles. The average Bonchev–Trinajstić information content (AvgIpc) is 2.64. The second-order valence-electron chi connectivity index (χ2n) is 3.65. The molecule has 1 rings (SSSR count). The van der Waals surface area contributed by atoms with E-state index in [0.29, 0.717) is 12.3 Å². The third-order valence-corrected chi connectivity index (χ3v) is 2.17. The molecule has 0 fully saturated rings. The Kier molecular flexibility index (Phi) is 4.87. The van der Waals surface area contributed by atoms with E-state index < -0.39 is 0 Å². The van der Waals surface area contributed by atoms with Crippen molar-refractivity contribution in [2.45, 2.75) is 39.5 Å². The van der Waals surface area contributed by atoms with E-state index in [-0.39, 0.29) is 5.91 Å². The lowest BCUT2D eigenvalue weighted by Gasteiger charge is -2.01. The molecule has 0 radical (unpaired) electrons. The van der Waals surface area contributed by atoms with E-state index in [4.69, 9.17) is 4.52 Å². The second-order valence-corrected chi connectivity index (χ2v) is 3.65. The van der Waals surface area contributed by atoms with Crippen LogP contribution >= 0.6 is 0 Å². The third-order valence-electron chi connectivity index (χ3n) is 2.17. The quantitative estimate of drug-likeness (QED) is 0.733. The number of carbonyl (C=O) groups excluding carboxylic acids is 1. The van der Waals surface area contributed by atoms with Gasteiger partial charge in [0.15, 0.2) is 0 Å². The van der Waals surface area contributed by atoms with Crippen LogP contribution in [0, 0.1) is 6.92 Å². The van der Waals surface area contributed by atoms with Gasteiger partial charge in [0.25, 0.3) is 5.91 Å². The molecule has 0 atom stereocenters. The third kappa shape index (κ3) is 4.14. The minimum absolute atomic E-state index is 0.174. The van der Waals surface area contributed by atoms with Crippen molar-refractivity contribution in [1.82, 2.24) is 10.5 Å². The lowest BCUT2D eigenvalue weighted by molar-refractivity contribution is 0.0916. The van der Waals surface area contributed by atoms with Gasteiger partial charge in [-0.25, -0.2) is 0 Å². The highest BCUT2D eigenvalue weighted by molar-refractivity contribution is 5.91. The van der Waals surface area contributed by atoms with Gasteiger partial charge in [-0.1, -0.05) is 31.3 Å². The molecule has 0 saturated heterocycles. The van der Waals surface area contributed by atoms with E-state index in [9.17, 15) is 4.79 Å². The number of hydrogen-bond acceptors (Lipinski definition) is 3. The summed E-state index contributed by atoms with van der Waals surface area (Å²) in [7, 11) is 0. The van der Waals surface area contributed by atoms with E-state index >= 15 is 0 Å². The molecule has 0 bridgehead atoms. The van der Waals surface area contributed by atoms with Gasteiger partial charge in [-0.3, -0.25) is 4.79 Å². The summed E-state index contributed by atoms with van der Waals surface area (Å²) in [5.41, 5.74) is 0.728. The Morgan fingerprint density at radius 2 is 2.27 bits per heavy atom. The van der Waals surface area contributed by atoms with Crippen LogP contribution in [-0.4, -0.2) is 17.6 Å². The summed E-state index contributed by atoms with van der Waals surface area (Å²) in [6, 6.07) is 1.64. The number of carbonyl (C=O) groups is 1. The van der Waals surface area contributed by atoms with E-state index in [2.05, 4.69) is 17.4 Å². The second kappa shape index (κ2) is 6.22. The zero-order valence-electron chi connectivity index (χ0n) is 9.38. The lowest BCUT2D eigenvalue weighted by Crippen LogP contribution is -2.23. The molecule has 0 spiro atoms. The molecule has 0 unspecified atom stereocenters. The van der Waals surface area contributed by atoms with Gasteiger partial charge in [-0.05, 0) is 13.3 Å². The van der Waals surface area contributed by atoms with Crippen molar-refractivity contribution < 1.29 is 9.32 Å². The van der Waals surface area contributed by atoms with Gasteiger partial charge in [0.1, 0.15) is 0 Å². The van der Waals surface area contributed by atoms with Crippen LogP contribution in [0.1, 0.15) is 48.9 Å². The van der Waals surface area contributed by atoms with E-state index in [1.165, 1.54) is 12.8 Å². The summed E-state index contributed by atoms with van der Waals surface area (Å²) < 4.78 is 4.84. The topological polar surface area (TPSA) is 55.1 Å². The first-order valence-electron chi connectivity index (χ1n) is 5.45. The van der Waals surface area contributed by atoms with Crippen LogP contribution < -0.4 is 5.32 Å². The SMILES string of the molecule is CCCCCCNC(=O)c1cc(C)no1. The first kappa shape index (κ1) is 11.8. The van der Waals surface area contributed by atoms with Gasteiger partial charge < -0.3 is 9.84 Å². The van der Waals surface area contributed by atoms with Gasteiger partial charge in [-0.15, -0.1) is 0 Å². The Balaban J connectivity index is 2.19. The smallest absolute Gasteiger partial charge is 0.289 e. The standard InChI is InChI=1S/C11H18N2O2/c1-3-4-5-6-7-12-11(14)10-8-9(2)13-15-10/h8H,3-7H2,1-2H3,(H,12,14). The fourth-order valence-corrected chi connectivity index (χ4v) is 1.31.